The Hall–Kier alpha value is -1.99. The molecule has 2 atom stereocenters. The first-order valence-corrected chi connectivity index (χ1v) is 8.86. The molecule has 1 aliphatic rings. The van der Waals surface area contributed by atoms with Crippen LogP contribution in [-0.4, -0.2) is 41.2 Å². The fourth-order valence-electron chi connectivity index (χ4n) is 2.88. The maximum atomic E-state index is 12.6. The van der Waals surface area contributed by atoms with E-state index in [0.29, 0.717) is 19.0 Å². The third-order valence-electron chi connectivity index (χ3n) is 4.07. The molecule has 0 unspecified atom stereocenters. The number of anilines is 1. The highest BCUT2D eigenvalue weighted by molar-refractivity contribution is 7.12. The molecule has 128 valence electrons. The maximum absolute atomic E-state index is 12.6. The third-order valence-corrected chi connectivity index (χ3v) is 5.03. The number of thiophene rings is 1. The number of ether oxygens (including phenoxy) is 1. The minimum absolute atomic E-state index is 0.00104. The van der Waals surface area contributed by atoms with E-state index in [9.17, 15) is 4.79 Å². The number of amides is 1. The highest BCUT2D eigenvalue weighted by atomic mass is 32.1. The van der Waals surface area contributed by atoms with E-state index in [-0.39, 0.29) is 18.0 Å². The van der Waals surface area contributed by atoms with Crippen molar-refractivity contribution >= 4 is 23.1 Å². The van der Waals surface area contributed by atoms with Crippen LogP contribution in [0, 0.1) is 20.8 Å². The Balaban J connectivity index is 1.70. The molecule has 7 heteroatoms. The molecule has 6 nitrogen and oxygen atoms in total. The minimum Gasteiger partial charge on any atom is -0.379 e. The van der Waals surface area contributed by atoms with E-state index in [1.807, 2.05) is 32.9 Å². The highest BCUT2D eigenvalue weighted by Gasteiger charge is 2.28. The van der Waals surface area contributed by atoms with Crippen molar-refractivity contribution in [3.8, 4) is 0 Å². The lowest BCUT2D eigenvalue weighted by molar-refractivity contribution is 0.0620. The van der Waals surface area contributed by atoms with Gasteiger partial charge in [0.15, 0.2) is 0 Å². The average Bonchev–Trinajstić information content (AvgIpc) is 2.88. The van der Waals surface area contributed by atoms with Crippen molar-refractivity contribution in [2.24, 2.45) is 0 Å². The van der Waals surface area contributed by atoms with Gasteiger partial charge in [0.05, 0.1) is 24.3 Å². The van der Waals surface area contributed by atoms with Crippen LogP contribution in [0.4, 0.5) is 5.82 Å². The van der Waals surface area contributed by atoms with Crippen LogP contribution in [0.5, 0.6) is 0 Å². The van der Waals surface area contributed by atoms with E-state index >= 15 is 0 Å². The van der Waals surface area contributed by atoms with Gasteiger partial charge in [-0.05, 0) is 39.3 Å². The molecular weight excluding hydrogens is 324 g/mol. The number of hydrogen-bond donors (Lipinski definition) is 2. The lowest BCUT2D eigenvalue weighted by atomic mass is 10.0. The molecule has 1 fully saturated rings. The molecule has 3 rings (SSSR count). The van der Waals surface area contributed by atoms with Crippen molar-refractivity contribution < 1.29 is 9.53 Å². The lowest BCUT2D eigenvalue weighted by Crippen LogP contribution is -2.52. The van der Waals surface area contributed by atoms with Crippen molar-refractivity contribution in [1.29, 1.82) is 0 Å². The molecule has 1 amide bonds. The van der Waals surface area contributed by atoms with Gasteiger partial charge >= 0.3 is 0 Å². The Kier molecular flexibility index (Phi) is 5.11. The van der Waals surface area contributed by atoms with Crippen LogP contribution < -0.4 is 10.6 Å². The van der Waals surface area contributed by atoms with Gasteiger partial charge in [-0.3, -0.25) is 4.79 Å². The van der Waals surface area contributed by atoms with E-state index in [1.165, 1.54) is 0 Å². The summed E-state index contributed by atoms with van der Waals surface area (Å²) in [4.78, 5) is 23.3. The van der Waals surface area contributed by atoms with Gasteiger partial charge in [-0.2, -0.15) is 0 Å². The van der Waals surface area contributed by atoms with Crippen molar-refractivity contribution in [1.82, 2.24) is 15.3 Å². The maximum Gasteiger partial charge on any atom is 0.252 e. The van der Waals surface area contributed by atoms with Gasteiger partial charge < -0.3 is 15.4 Å². The number of carbonyl (C=O) groups excluding carboxylic acids is 1. The van der Waals surface area contributed by atoms with Gasteiger partial charge in [0.25, 0.3) is 5.91 Å². The molecule has 1 saturated heterocycles. The van der Waals surface area contributed by atoms with Crippen LogP contribution in [0.1, 0.15) is 32.4 Å². The number of aryl methyl sites for hydroxylation is 3. The summed E-state index contributed by atoms with van der Waals surface area (Å²) in [6.07, 6.45) is 2.50. The van der Waals surface area contributed by atoms with Crippen LogP contribution in [0.2, 0.25) is 0 Å². The Morgan fingerprint density at radius 1 is 1.33 bits per heavy atom. The summed E-state index contributed by atoms with van der Waals surface area (Å²) >= 11 is 1.65. The Morgan fingerprint density at radius 3 is 2.88 bits per heavy atom. The Labute approximate surface area is 145 Å². The molecule has 3 heterocycles. The number of nitrogens with zero attached hydrogens (tertiary/aromatic N) is 2. The molecule has 0 aromatic carbocycles. The molecule has 2 aromatic heterocycles. The zero-order chi connectivity index (χ0) is 17.1. The van der Waals surface area contributed by atoms with Crippen LogP contribution in [0.25, 0.3) is 0 Å². The van der Waals surface area contributed by atoms with Gasteiger partial charge in [0.1, 0.15) is 11.6 Å². The minimum atomic E-state index is -0.0191. The van der Waals surface area contributed by atoms with Crippen LogP contribution >= 0.6 is 11.3 Å². The Bertz CT molecular complexity index is 731. The SMILES string of the molecule is Cc1nccc(N[C@@H]2COCC[C@@H]2NC(=O)c2cc(C)sc2C)n1. The van der Waals surface area contributed by atoms with E-state index in [0.717, 1.165) is 27.6 Å². The summed E-state index contributed by atoms with van der Waals surface area (Å²) in [5.74, 6) is 1.44. The molecular formula is C17H22N4O2S. The highest BCUT2D eigenvalue weighted by Crippen LogP contribution is 2.21. The summed E-state index contributed by atoms with van der Waals surface area (Å²) in [6, 6.07) is 3.76. The molecule has 1 aliphatic heterocycles. The standard InChI is InChI=1S/C17H22N4O2S/c1-10-8-13(11(2)24-10)17(22)21-14-5-7-23-9-15(14)20-16-4-6-18-12(3)19-16/h4,6,8,14-15H,5,7,9H2,1-3H3,(H,21,22)(H,18,19,20)/t14-,15+/m0/s1. The van der Waals surface area contributed by atoms with Crippen molar-refractivity contribution in [3.63, 3.8) is 0 Å². The summed E-state index contributed by atoms with van der Waals surface area (Å²) in [5.41, 5.74) is 0.764. The number of rotatable bonds is 4. The van der Waals surface area contributed by atoms with E-state index < -0.39 is 0 Å². The zero-order valence-electron chi connectivity index (χ0n) is 14.1. The Morgan fingerprint density at radius 2 is 2.17 bits per heavy atom. The monoisotopic (exact) mass is 346 g/mol. The second-order valence-corrected chi connectivity index (χ2v) is 7.47. The van der Waals surface area contributed by atoms with Crippen LogP contribution in [0.15, 0.2) is 18.3 Å². The fourth-order valence-corrected chi connectivity index (χ4v) is 3.80. The summed E-state index contributed by atoms with van der Waals surface area (Å²) < 4.78 is 5.57. The third kappa shape index (κ3) is 3.91. The normalized spacial score (nSPS) is 20.6. The molecule has 0 saturated carbocycles. The predicted octanol–water partition coefficient (Wildman–Crippen LogP) is 2.46. The molecule has 0 aliphatic carbocycles. The predicted molar refractivity (Wildman–Crippen MR) is 94.7 cm³/mol. The smallest absolute Gasteiger partial charge is 0.252 e. The van der Waals surface area contributed by atoms with Crippen molar-refractivity contribution in [2.75, 3.05) is 18.5 Å². The number of nitrogens with one attached hydrogen (secondary N) is 2. The average molecular weight is 346 g/mol. The zero-order valence-corrected chi connectivity index (χ0v) is 14.9. The summed E-state index contributed by atoms with van der Waals surface area (Å²) in [5, 5.41) is 6.52. The lowest BCUT2D eigenvalue weighted by Gasteiger charge is -2.33. The van der Waals surface area contributed by atoms with Gasteiger partial charge in [0.2, 0.25) is 0 Å². The van der Waals surface area contributed by atoms with Gasteiger partial charge in [-0.1, -0.05) is 0 Å². The van der Waals surface area contributed by atoms with Crippen molar-refractivity contribution in [3.05, 3.63) is 39.5 Å². The second-order valence-electron chi connectivity index (χ2n) is 6.01. The summed E-state index contributed by atoms with van der Waals surface area (Å²) in [7, 11) is 0. The molecule has 0 bridgehead atoms. The van der Waals surface area contributed by atoms with Gasteiger partial charge in [0, 0.05) is 22.6 Å². The van der Waals surface area contributed by atoms with Gasteiger partial charge in [-0.25, -0.2) is 9.97 Å². The number of carbonyl (C=O) groups is 1. The molecule has 0 spiro atoms. The quantitative estimate of drug-likeness (QED) is 0.889. The first kappa shape index (κ1) is 16.9. The largest absolute Gasteiger partial charge is 0.379 e. The van der Waals surface area contributed by atoms with Crippen LogP contribution in [0.3, 0.4) is 0 Å². The molecule has 2 N–H and O–H groups in total. The first-order valence-electron chi connectivity index (χ1n) is 8.05. The molecule has 0 radical (unpaired) electrons. The topological polar surface area (TPSA) is 76.1 Å². The molecule has 2 aromatic rings. The second kappa shape index (κ2) is 7.27. The number of hydrogen-bond acceptors (Lipinski definition) is 6. The fraction of sp³-hybridized carbons (Fsp3) is 0.471. The van der Waals surface area contributed by atoms with E-state index in [2.05, 4.69) is 20.6 Å². The molecule has 24 heavy (non-hydrogen) atoms. The number of aromatic nitrogens is 2. The first-order chi connectivity index (χ1) is 11.5. The van der Waals surface area contributed by atoms with E-state index in [4.69, 9.17) is 4.74 Å². The van der Waals surface area contributed by atoms with Gasteiger partial charge in [-0.15, -0.1) is 11.3 Å². The van der Waals surface area contributed by atoms with Crippen LogP contribution in [-0.2, 0) is 4.74 Å². The van der Waals surface area contributed by atoms with E-state index in [1.54, 1.807) is 17.5 Å². The van der Waals surface area contributed by atoms with Crippen molar-refractivity contribution in [2.45, 2.75) is 39.3 Å². The summed E-state index contributed by atoms with van der Waals surface area (Å²) in [6.45, 7) is 7.04.